The van der Waals surface area contributed by atoms with Crippen molar-refractivity contribution in [2.75, 3.05) is 33.3 Å². The van der Waals surface area contributed by atoms with E-state index >= 15 is 0 Å². The molecule has 0 atom stereocenters. The molecule has 1 aliphatic heterocycles. The first-order valence-corrected chi connectivity index (χ1v) is 11.5. The van der Waals surface area contributed by atoms with E-state index in [1.807, 2.05) is 54.6 Å². The summed E-state index contributed by atoms with van der Waals surface area (Å²) >= 11 is 0. The Bertz CT molecular complexity index is 1230. The molecule has 1 amide bonds. The van der Waals surface area contributed by atoms with Gasteiger partial charge in [-0.05, 0) is 46.7 Å². The molecule has 0 N–H and O–H groups in total. The third-order valence-corrected chi connectivity index (χ3v) is 7.32. The molecule has 0 aliphatic carbocycles. The van der Waals surface area contributed by atoms with Gasteiger partial charge in [0, 0.05) is 32.3 Å². The molecule has 1 aliphatic rings. The summed E-state index contributed by atoms with van der Waals surface area (Å²) in [6.45, 7) is 1.25. The Balaban J connectivity index is 1.41. The van der Waals surface area contributed by atoms with Crippen molar-refractivity contribution in [2.45, 2.75) is 4.90 Å². The predicted molar refractivity (Wildman–Crippen MR) is 121 cm³/mol. The summed E-state index contributed by atoms with van der Waals surface area (Å²) in [7, 11) is -2.01. The van der Waals surface area contributed by atoms with Gasteiger partial charge >= 0.3 is 0 Å². The molecular formula is C24H24N2O4S. The smallest absolute Gasteiger partial charge is 0.246 e. The summed E-state index contributed by atoms with van der Waals surface area (Å²) in [5.41, 5.74) is 0.866. The van der Waals surface area contributed by atoms with Gasteiger partial charge in [-0.3, -0.25) is 4.79 Å². The van der Waals surface area contributed by atoms with Crippen LogP contribution in [0.3, 0.4) is 0 Å². The molecule has 31 heavy (non-hydrogen) atoms. The zero-order chi connectivity index (χ0) is 21.8. The molecule has 6 nitrogen and oxygen atoms in total. The van der Waals surface area contributed by atoms with E-state index in [9.17, 15) is 13.2 Å². The molecule has 0 saturated carbocycles. The first-order chi connectivity index (χ1) is 15.0. The SMILES string of the molecule is COc1cccc(C=CC(=O)N2CCN(S(=O)(=O)c3ccc4ccccc4c3)CC2)c1. The summed E-state index contributed by atoms with van der Waals surface area (Å²) in [5, 5.41) is 1.89. The van der Waals surface area contributed by atoms with Gasteiger partial charge in [-0.1, -0.05) is 42.5 Å². The number of sulfonamides is 1. The predicted octanol–water partition coefficient (Wildman–Crippen LogP) is 3.39. The van der Waals surface area contributed by atoms with Gasteiger partial charge in [0.25, 0.3) is 0 Å². The molecule has 0 unspecified atom stereocenters. The van der Waals surface area contributed by atoms with Crippen LogP contribution in [0.4, 0.5) is 0 Å². The fourth-order valence-corrected chi connectivity index (χ4v) is 5.10. The highest BCUT2D eigenvalue weighted by Gasteiger charge is 2.29. The Morgan fingerprint density at radius 2 is 1.65 bits per heavy atom. The lowest BCUT2D eigenvalue weighted by Crippen LogP contribution is -2.50. The third-order valence-electron chi connectivity index (χ3n) is 5.42. The monoisotopic (exact) mass is 436 g/mol. The Hall–Kier alpha value is -3.16. The van der Waals surface area contributed by atoms with Crippen LogP contribution in [0.15, 0.2) is 77.7 Å². The Kier molecular flexibility index (Phi) is 6.06. The second kappa shape index (κ2) is 8.91. The van der Waals surface area contributed by atoms with Crippen LogP contribution in [0, 0.1) is 0 Å². The van der Waals surface area contributed by atoms with Gasteiger partial charge < -0.3 is 9.64 Å². The van der Waals surface area contributed by atoms with Gasteiger partial charge in [0.1, 0.15) is 5.75 Å². The van der Waals surface area contributed by atoms with E-state index < -0.39 is 10.0 Å². The average molecular weight is 437 g/mol. The van der Waals surface area contributed by atoms with Crippen LogP contribution in [0.2, 0.25) is 0 Å². The van der Waals surface area contributed by atoms with Crippen LogP contribution >= 0.6 is 0 Å². The zero-order valence-corrected chi connectivity index (χ0v) is 18.1. The second-order valence-electron chi connectivity index (χ2n) is 7.35. The van der Waals surface area contributed by atoms with Gasteiger partial charge in [-0.25, -0.2) is 8.42 Å². The van der Waals surface area contributed by atoms with E-state index in [1.54, 1.807) is 30.2 Å². The highest BCUT2D eigenvalue weighted by atomic mass is 32.2. The molecule has 1 heterocycles. The van der Waals surface area contributed by atoms with E-state index in [2.05, 4.69) is 0 Å². The lowest BCUT2D eigenvalue weighted by molar-refractivity contribution is -0.127. The molecule has 1 saturated heterocycles. The number of carbonyl (C=O) groups excluding carboxylic acids is 1. The first kappa shape index (κ1) is 21.1. The largest absolute Gasteiger partial charge is 0.497 e. The summed E-state index contributed by atoms with van der Waals surface area (Å²) in [4.78, 5) is 14.5. The van der Waals surface area contributed by atoms with Gasteiger partial charge in [0.05, 0.1) is 12.0 Å². The Morgan fingerprint density at radius 3 is 2.39 bits per heavy atom. The minimum atomic E-state index is -3.60. The van der Waals surface area contributed by atoms with Crippen molar-refractivity contribution in [1.82, 2.24) is 9.21 Å². The standard InChI is InChI=1S/C24H24N2O4S/c1-30-22-8-4-5-19(17-22)9-12-24(27)25-13-15-26(16-14-25)31(28,29)23-11-10-20-6-2-3-7-21(20)18-23/h2-12,17-18H,13-16H2,1H3. The maximum Gasteiger partial charge on any atom is 0.246 e. The molecule has 3 aromatic rings. The number of hydrogen-bond acceptors (Lipinski definition) is 4. The topological polar surface area (TPSA) is 66.9 Å². The van der Waals surface area contributed by atoms with E-state index in [0.717, 1.165) is 22.1 Å². The Labute approximate surface area is 182 Å². The quantitative estimate of drug-likeness (QED) is 0.575. The number of ether oxygens (including phenoxy) is 1. The molecule has 0 aromatic heterocycles. The number of nitrogens with zero attached hydrogens (tertiary/aromatic N) is 2. The van der Waals surface area contributed by atoms with Gasteiger partial charge in [0.15, 0.2) is 0 Å². The van der Waals surface area contributed by atoms with Crippen molar-refractivity contribution in [3.05, 3.63) is 78.4 Å². The maximum atomic E-state index is 13.1. The van der Waals surface area contributed by atoms with Gasteiger partial charge in [0.2, 0.25) is 15.9 Å². The lowest BCUT2D eigenvalue weighted by atomic mass is 10.1. The molecule has 0 bridgehead atoms. The fourth-order valence-electron chi connectivity index (χ4n) is 3.64. The molecule has 7 heteroatoms. The fraction of sp³-hybridized carbons (Fsp3) is 0.208. The lowest BCUT2D eigenvalue weighted by Gasteiger charge is -2.33. The van der Waals surface area contributed by atoms with Crippen molar-refractivity contribution in [1.29, 1.82) is 0 Å². The first-order valence-electron chi connectivity index (χ1n) is 10.1. The number of methoxy groups -OCH3 is 1. The number of hydrogen-bond donors (Lipinski definition) is 0. The van der Waals surface area contributed by atoms with Crippen molar-refractivity contribution < 1.29 is 17.9 Å². The summed E-state index contributed by atoms with van der Waals surface area (Å²) in [5.74, 6) is 0.590. The normalized spacial score (nSPS) is 15.5. The molecular weight excluding hydrogens is 412 g/mol. The number of rotatable bonds is 5. The highest BCUT2D eigenvalue weighted by Crippen LogP contribution is 2.23. The van der Waals surface area contributed by atoms with Crippen LogP contribution < -0.4 is 4.74 Å². The van der Waals surface area contributed by atoms with Gasteiger partial charge in [-0.2, -0.15) is 4.31 Å². The van der Waals surface area contributed by atoms with Crippen molar-refractivity contribution in [2.24, 2.45) is 0 Å². The highest BCUT2D eigenvalue weighted by molar-refractivity contribution is 7.89. The van der Waals surface area contributed by atoms with E-state index in [-0.39, 0.29) is 23.9 Å². The van der Waals surface area contributed by atoms with Crippen LogP contribution in [0.1, 0.15) is 5.56 Å². The molecule has 0 radical (unpaired) electrons. The number of carbonyl (C=O) groups is 1. The molecule has 3 aromatic carbocycles. The number of amides is 1. The molecule has 1 fully saturated rings. The van der Waals surface area contributed by atoms with E-state index in [1.165, 1.54) is 10.4 Å². The number of piperazine rings is 1. The molecule has 4 rings (SSSR count). The molecule has 0 spiro atoms. The maximum absolute atomic E-state index is 13.1. The second-order valence-corrected chi connectivity index (χ2v) is 9.29. The average Bonchev–Trinajstić information content (AvgIpc) is 2.82. The summed E-state index contributed by atoms with van der Waals surface area (Å²) < 4.78 is 32.8. The minimum Gasteiger partial charge on any atom is -0.497 e. The van der Waals surface area contributed by atoms with Crippen LogP contribution in [-0.4, -0.2) is 56.8 Å². The summed E-state index contributed by atoms with van der Waals surface area (Å²) in [6.07, 6.45) is 3.26. The van der Waals surface area contributed by atoms with Crippen molar-refractivity contribution >= 4 is 32.8 Å². The number of fused-ring (bicyclic) bond motifs is 1. The van der Waals surface area contributed by atoms with Crippen LogP contribution in [0.25, 0.3) is 16.8 Å². The Morgan fingerprint density at radius 1 is 0.903 bits per heavy atom. The minimum absolute atomic E-state index is 0.134. The van der Waals surface area contributed by atoms with E-state index in [0.29, 0.717) is 13.1 Å². The van der Waals surface area contributed by atoms with E-state index in [4.69, 9.17) is 4.74 Å². The van der Waals surface area contributed by atoms with Crippen molar-refractivity contribution in [3.63, 3.8) is 0 Å². The van der Waals surface area contributed by atoms with Gasteiger partial charge in [-0.15, -0.1) is 0 Å². The third kappa shape index (κ3) is 4.62. The number of benzene rings is 3. The molecule has 160 valence electrons. The van der Waals surface area contributed by atoms with Crippen molar-refractivity contribution in [3.8, 4) is 5.75 Å². The summed E-state index contributed by atoms with van der Waals surface area (Å²) in [6, 6.07) is 20.3. The zero-order valence-electron chi connectivity index (χ0n) is 17.3. The van der Waals surface area contributed by atoms with Crippen LogP contribution in [-0.2, 0) is 14.8 Å². The van der Waals surface area contributed by atoms with Crippen LogP contribution in [0.5, 0.6) is 5.75 Å².